The van der Waals surface area contributed by atoms with E-state index in [0.717, 1.165) is 5.56 Å². The SMILES string of the molecule is CC(C)C(=O)N(C)Cc1ccc(C(=O)N[C@@H](C(=O)O)c2ccccc2)cc1. The molecule has 0 saturated heterocycles. The third-order valence-corrected chi connectivity index (χ3v) is 4.16. The monoisotopic (exact) mass is 368 g/mol. The Morgan fingerprint density at radius 1 is 1.00 bits per heavy atom. The molecule has 0 unspecified atom stereocenters. The number of hydrogen-bond donors (Lipinski definition) is 2. The Labute approximate surface area is 158 Å². The molecule has 0 aromatic heterocycles. The number of rotatable bonds is 7. The van der Waals surface area contributed by atoms with Gasteiger partial charge in [0.1, 0.15) is 0 Å². The minimum Gasteiger partial charge on any atom is -0.479 e. The number of carboxylic acids is 1. The highest BCUT2D eigenvalue weighted by Gasteiger charge is 2.22. The second kappa shape index (κ2) is 8.98. The Balaban J connectivity index is 2.06. The molecule has 2 N–H and O–H groups in total. The molecule has 0 bridgehead atoms. The van der Waals surface area contributed by atoms with Crippen molar-refractivity contribution in [1.29, 1.82) is 0 Å². The first-order valence-corrected chi connectivity index (χ1v) is 8.72. The van der Waals surface area contributed by atoms with Crippen LogP contribution in [0.25, 0.3) is 0 Å². The van der Waals surface area contributed by atoms with Crippen LogP contribution in [-0.4, -0.2) is 34.8 Å². The molecule has 0 aliphatic carbocycles. The molecule has 2 aromatic carbocycles. The Morgan fingerprint density at radius 3 is 2.11 bits per heavy atom. The summed E-state index contributed by atoms with van der Waals surface area (Å²) in [4.78, 5) is 37.5. The van der Waals surface area contributed by atoms with Gasteiger partial charge in [0.25, 0.3) is 5.91 Å². The van der Waals surface area contributed by atoms with Gasteiger partial charge in [-0.2, -0.15) is 0 Å². The molecule has 0 fully saturated rings. The molecule has 0 heterocycles. The van der Waals surface area contributed by atoms with E-state index < -0.39 is 17.9 Å². The topological polar surface area (TPSA) is 86.7 Å². The number of carboxylic acid groups (broad SMARTS) is 1. The molecule has 2 amide bonds. The lowest BCUT2D eigenvalue weighted by Crippen LogP contribution is -2.33. The Morgan fingerprint density at radius 2 is 1.59 bits per heavy atom. The average molecular weight is 368 g/mol. The summed E-state index contributed by atoms with van der Waals surface area (Å²) in [5.74, 6) is -1.63. The molecule has 6 heteroatoms. The molecule has 142 valence electrons. The van der Waals surface area contributed by atoms with E-state index in [1.54, 1.807) is 66.5 Å². The molecule has 0 aliphatic rings. The van der Waals surface area contributed by atoms with E-state index in [1.807, 2.05) is 13.8 Å². The van der Waals surface area contributed by atoms with Gasteiger partial charge in [0.2, 0.25) is 5.91 Å². The smallest absolute Gasteiger partial charge is 0.330 e. The van der Waals surface area contributed by atoms with Gasteiger partial charge in [0, 0.05) is 25.1 Å². The van der Waals surface area contributed by atoms with Crippen molar-refractivity contribution >= 4 is 17.8 Å². The van der Waals surface area contributed by atoms with Crippen molar-refractivity contribution in [3.63, 3.8) is 0 Å². The van der Waals surface area contributed by atoms with Gasteiger partial charge < -0.3 is 15.3 Å². The van der Waals surface area contributed by atoms with Crippen LogP contribution in [0.2, 0.25) is 0 Å². The molecule has 6 nitrogen and oxygen atoms in total. The van der Waals surface area contributed by atoms with E-state index in [2.05, 4.69) is 5.32 Å². The van der Waals surface area contributed by atoms with Crippen molar-refractivity contribution in [3.05, 3.63) is 71.3 Å². The van der Waals surface area contributed by atoms with E-state index >= 15 is 0 Å². The van der Waals surface area contributed by atoms with Crippen LogP contribution in [0.1, 0.15) is 41.4 Å². The number of nitrogens with zero attached hydrogens (tertiary/aromatic N) is 1. The number of hydrogen-bond acceptors (Lipinski definition) is 3. The predicted octanol–water partition coefficient (Wildman–Crippen LogP) is 2.86. The van der Waals surface area contributed by atoms with Gasteiger partial charge in [0.15, 0.2) is 6.04 Å². The predicted molar refractivity (Wildman–Crippen MR) is 102 cm³/mol. The van der Waals surface area contributed by atoms with Crippen LogP contribution in [0.5, 0.6) is 0 Å². The number of aliphatic carboxylic acids is 1. The van der Waals surface area contributed by atoms with E-state index in [0.29, 0.717) is 17.7 Å². The van der Waals surface area contributed by atoms with E-state index in [4.69, 9.17) is 0 Å². The lowest BCUT2D eigenvalue weighted by Gasteiger charge is -2.19. The van der Waals surface area contributed by atoms with Crippen LogP contribution in [-0.2, 0) is 16.1 Å². The van der Waals surface area contributed by atoms with Crippen LogP contribution in [0.15, 0.2) is 54.6 Å². The van der Waals surface area contributed by atoms with Gasteiger partial charge in [-0.05, 0) is 23.3 Å². The van der Waals surface area contributed by atoms with Gasteiger partial charge in [-0.3, -0.25) is 9.59 Å². The lowest BCUT2D eigenvalue weighted by atomic mass is 10.1. The summed E-state index contributed by atoms with van der Waals surface area (Å²) in [5, 5.41) is 11.9. The molecule has 1 atom stereocenters. The molecule has 2 rings (SSSR count). The first-order valence-electron chi connectivity index (χ1n) is 8.72. The highest BCUT2D eigenvalue weighted by molar-refractivity contribution is 5.96. The summed E-state index contributed by atoms with van der Waals surface area (Å²) in [5.41, 5.74) is 1.75. The van der Waals surface area contributed by atoms with Gasteiger partial charge in [-0.25, -0.2) is 4.79 Å². The second-order valence-corrected chi connectivity index (χ2v) is 6.70. The fraction of sp³-hybridized carbons (Fsp3) is 0.286. The van der Waals surface area contributed by atoms with Crippen LogP contribution < -0.4 is 5.32 Å². The number of carbonyl (C=O) groups excluding carboxylic acids is 2. The van der Waals surface area contributed by atoms with Crippen molar-refractivity contribution in [3.8, 4) is 0 Å². The number of benzene rings is 2. The normalized spacial score (nSPS) is 11.7. The molecule has 0 radical (unpaired) electrons. The quantitative estimate of drug-likeness (QED) is 0.787. The third kappa shape index (κ3) is 5.41. The van der Waals surface area contributed by atoms with Crippen LogP contribution in [0.3, 0.4) is 0 Å². The highest BCUT2D eigenvalue weighted by atomic mass is 16.4. The maximum Gasteiger partial charge on any atom is 0.330 e. The molecular weight excluding hydrogens is 344 g/mol. The second-order valence-electron chi connectivity index (χ2n) is 6.70. The average Bonchev–Trinajstić information content (AvgIpc) is 2.66. The summed E-state index contributed by atoms with van der Waals surface area (Å²) >= 11 is 0. The van der Waals surface area contributed by atoms with Crippen molar-refractivity contribution in [2.45, 2.75) is 26.4 Å². The van der Waals surface area contributed by atoms with Crippen LogP contribution >= 0.6 is 0 Å². The number of nitrogens with one attached hydrogen (secondary N) is 1. The maximum absolute atomic E-state index is 12.4. The zero-order valence-electron chi connectivity index (χ0n) is 15.7. The molecular formula is C21H24N2O4. The van der Waals surface area contributed by atoms with E-state index in [1.165, 1.54) is 0 Å². The van der Waals surface area contributed by atoms with Crippen molar-refractivity contribution in [1.82, 2.24) is 10.2 Å². The molecule has 0 spiro atoms. The Bertz CT molecular complexity index is 801. The highest BCUT2D eigenvalue weighted by Crippen LogP contribution is 2.15. The van der Waals surface area contributed by atoms with E-state index in [-0.39, 0.29) is 11.8 Å². The van der Waals surface area contributed by atoms with Crippen molar-refractivity contribution in [2.24, 2.45) is 5.92 Å². The fourth-order valence-corrected chi connectivity index (χ4v) is 2.70. The Hall–Kier alpha value is -3.15. The largest absolute Gasteiger partial charge is 0.479 e. The third-order valence-electron chi connectivity index (χ3n) is 4.16. The minimum absolute atomic E-state index is 0.0454. The minimum atomic E-state index is -1.13. The van der Waals surface area contributed by atoms with Crippen LogP contribution in [0, 0.1) is 5.92 Å². The Kier molecular flexibility index (Phi) is 6.71. The zero-order valence-corrected chi connectivity index (χ0v) is 15.7. The summed E-state index contributed by atoms with van der Waals surface area (Å²) in [6, 6.07) is 14.2. The molecule has 27 heavy (non-hydrogen) atoms. The van der Waals surface area contributed by atoms with Crippen LogP contribution in [0.4, 0.5) is 0 Å². The standard InChI is InChI=1S/C21H24N2O4/c1-14(2)20(25)23(3)13-15-9-11-17(12-10-15)19(24)22-18(21(26)27)16-7-5-4-6-8-16/h4-12,14,18H,13H2,1-3H3,(H,22,24)(H,26,27)/t18-/m1/s1. The molecule has 0 aliphatic heterocycles. The lowest BCUT2D eigenvalue weighted by molar-refractivity contribution is -0.139. The van der Waals surface area contributed by atoms with Gasteiger partial charge in [-0.1, -0.05) is 56.3 Å². The van der Waals surface area contributed by atoms with Gasteiger partial charge >= 0.3 is 5.97 Å². The molecule has 0 saturated carbocycles. The first-order chi connectivity index (χ1) is 12.8. The summed E-state index contributed by atoms with van der Waals surface area (Å²) < 4.78 is 0. The summed E-state index contributed by atoms with van der Waals surface area (Å²) in [7, 11) is 1.74. The summed E-state index contributed by atoms with van der Waals surface area (Å²) in [6.45, 7) is 4.14. The maximum atomic E-state index is 12.4. The van der Waals surface area contributed by atoms with Crippen molar-refractivity contribution in [2.75, 3.05) is 7.05 Å². The first kappa shape index (κ1) is 20.2. The van der Waals surface area contributed by atoms with Gasteiger partial charge in [-0.15, -0.1) is 0 Å². The number of carbonyl (C=O) groups is 3. The van der Waals surface area contributed by atoms with Gasteiger partial charge in [0.05, 0.1) is 0 Å². The number of amides is 2. The zero-order chi connectivity index (χ0) is 20.0. The molecule has 2 aromatic rings. The fourth-order valence-electron chi connectivity index (χ4n) is 2.70. The van der Waals surface area contributed by atoms with Crippen molar-refractivity contribution < 1.29 is 19.5 Å². The summed E-state index contributed by atoms with van der Waals surface area (Å²) in [6.07, 6.45) is 0. The van der Waals surface area contributed by atoms with E-state index in [9.17, 15) is 19.5 Å².